The van der Waals surface area contributed by atoms with Crippen LogP contribution in [0.4, 0.5) is 0 Å². The zero-order valence-electron chi connectivity index (χ0n) is 11.0. The van der Waals surface area contributed by atoms with E-state index in [-0.39, 0.29) is 5.78 Å². The van der Waals surface area contributed by atoms with E-state index in [0.717, 1.165) is 15.6 Å². The maximum Gasteiger partial charge on any atom is 0.195 e. The molecular formula is C16H10BrCl2NO. The fourth-order valence-electron chi connectivity index (χ4n) is 2.39. The molecule has 0 spiro atoms. The number of rotatable bonds is 2. The van der Waals surface area contributed by atoms with Crippen molar-refractivity contribution in [2.75, 3.05) is 0 Å². The van der Waals surface area contributed by atoms with Crippen molar-refractivity contribution in [2.45, 2.75) is 6.92 Å². The van der Waals surface area contributed by atoms with Crippen LogP contribution in [-0.4, -0.2) is 10.8 Å². The van der Waals surface area contributed by atoms with Gasteiger partial charge in [-0.05, 0) is 42.8 Å². The Morgan fingerprint density at radius 1 is 1.14 bits per heavy atom. The van der Waals surface area contributed by atoms with Crippen LogP contribution in [0.5, 0.6) is 0 Å². The summed E-state index contributed by atoms with van der Waals surface area (Å²) in [6.07, 6.45) is 1.67. The fraction of sp³-hybridized carbons (Fsp3) is 0.0625. The molecule has 0 radical (unpaired) electrons. The maximum absolute atomic E-state index is 12.7. The van der Waals surface area contributed by atoms with E-state index in [1.54, 1.807) is 24.4 Å². The van der Waals surface area contributed by atoms with Crippen LogP contribution in [0, 0.1) is 6.92 Å². The lowest BCUT2D eigenvalue weighted by molar-refractivity contribution is 0.104. The highest BCUT2D eigenvalue weighted by molar-refractivity contribution is 9.10. The lowest BCUT2D eigenvalue weighted by Crippen LogP contribution is -2.01. The monoisotopic (exact) mass is 381 g/mol. The van der Waals surface area contributed by atoms with Crippen molar-refractivity contribution in [3.05, 3.63) is 67.7 Å². The molecule has 1 N–H and O–H groups in total. The highest BCUT2D eigenvalue weighted by Gasteiger charge is 2.17. The van der Waals surface area contributed by atoms with E-state index >= 15 is 0 Å². The van der Waals surface area contributed by atoms with Crippen molar-refractivity contribution in [2.24, 2.45) is 0 Å². The number of hydrogen-bond donors (Lipinski definition) is 1. The summed E-state index contributed by atoms with van der Waals surface area (Å²) in [6, 6.07) is 9.01. The highest BCUT2D eigenvalue weighted by atomic mass is 79.9. The largest absolute Gasteiger partial charge is 0.360 e. The number of halogens is 3. The van der Waals surface area contributed by atoms with Gasteiger partial charge in [0.05, 0.1) is 5.02 Å². The Bertz CT molecular complexity index is 850. The maximum atomic E-state index is 12.7. The van der Waals surface area contributed by atoms with Gasteiger partial charge in [0.1, 0.15) is 0 Å². The van der Waals surface area contributed by atoms with Crippen LogP contribution in [-0.2, 0) is 0 Å². The highest BCUT2D eigenvalue weighted by Crippen LogP contribution is 2.32. The average Bonchev–Trinajstić information content (AvgIpc) is 2.80. The van der Waals surface area contributed by atoms with Crippen molar-refractivity contribution >= 4 is 55.8 Å². The molecule has 0 amide bonds. The summed E-state index contributed by atoms with van der Waals surface area (Å²) in [7, 11) is 0. The average molecular weight is 383 g/mol. The molecule has 5 heteroatoms. The van der Waals surface area contributed by atoms with Crippen LogP contribution < -0.4 is 0 Å². The molecule has 0 aliphatic carbocycles. The molecule has 0 aliphatic rings. The third-order valence-corrected chi connectivity index (χ3v) is 4.22. The third-order valence-electron chi connectivity index (χ3n) is 3.25. The van der Waals surface area contributed by atoms with Gasteiger partial charge < -0.3 is 4.98 Å². The number of aromatic amines is 1. The van der Waals surface area contributed by atoms with E-state index in [4.69, 9.17) is 23.2 Å². The van der Waals surface area contributed by atoms with Gasteiger partial charge in [0.15, 0.2) is 5.78 Å². The van der Waals surface area contributed by atoms with E-state index in [2.05, 4.69) is 20.9 Å². The van der Waals surface area contributed by atoms with Gasteiger partial charge in [0, 0.05) is 37.7 Å². The smallest absolute Gasteiger partial charge is 0.195 e. The van der Waals surface area contributed by atoms with Gasteiger partial charge in [-0.15, -0.1) is 0 Å². The van der Waals surface area contributed by atoms with Gasteiger partial charge in [0.2, 0.25) is 0 Å². The molecule has 0 aliphatic heterocycles. The molecule has 0 unspecified atom stereocenters. The molecule has 0 atom stereocenters. The first-order valence-electron chi connectivity index (χ1n) is 6.24. The van der Waals surface area contributed by atoms with Gasteiger partial charge in [-0.3, -0.25) is 4.79 Å². The first-order chi connectivity index (χ1) is 9.95. The zero-order chi connectivity index (χ0) is 15.1. The number of nitrogens with one attached hydrogen (secondary N) is 1. The van der Waals surface area contributed by atoms with Crippen molar-refractivity contribution in [1.82, 2.24) is 4.98 Å². The summed E-state index contributed by atoms with van der Waals surface area (Å²) in [4.78, 5) is 15.8. The number of carbonyl (C=O) groups excluding carboxylic acids is 1. The molecular weight excluding hydrogens is 373 g/mol. The Morgan fingerprint density at radius 2 is 1.90 bits per heavy atom. The number of aromatic nitrogens is 1. The Morgan fingerprint density at radius 3 is 2.62 bits per heavy atom. The minimum Gasteiger partial charge on any atom is -0.360 e. The van der Waals surface area contributed by atoms with Crippen molar-refractivity contribution in [3.63, 3.8) is 0 Å². The molecule has 2 aromatic carbocycles. The second-order valence-electron chi connectivity index (χ2n) is 4.86. The van der Waals surface area contributed by atoms with E-state index in [0.29, 0.717) is 26.6 Å². The molecule has 2 nitrogen and oxygen atoms in total. The predicted molar refractivity (Wildman–Crippen MR) is 90.6 cm³/mol. The molecule has 3 aromatic rings. The molecule has 0 saturated carbocycles. The zero-order valence-corrected chi connectivity index (χ0v) is 14.1. The third kappa shape index (κ3) is 2.73. The standard InChI is InChI=1S/C16H10BrCl2NO/c1-8-2-9(4-10(17)3-8)16(21)12-7-20-14-6-11(18)5-13(19)15(12)14/h2-7,20H,1H3. The quantitative estimate of drug-likeness (QED) is 0.560. The fourth-order valence-corrected chi connectivity index (χ4v) is 3.59. The molecule has 106 valence electrons. The number of hydrogen-bond acceptors (Lipinski definition) is 1. The second kappa shape index (κ2) is 5.48. The lowest BCUT2D eigenvalue weighted by Gasteiger charge is -2.04. The molecule has 1 aromatic heterocycles. The number of benzene rings is 2. The van der Waals surface area contributed by atoms with Gasteiger partial charge in [-0.2, -0.15) is 0 Å². The minimum absolute atomic E-state index is 0.0742. The first kappa shape index (κ1) is 14.6. The van der Waals surface area contributed by atoms with E-state index in [9.17, 15) is 4.79 Å². The summed E-state index contributed by atoms with van der Waals surface area (Å²) in [5.41, 5.74) is 2.93. The molecule has 21 heavy (non-hydrogen) atoms. The Labute approximate surface area is 140 Å². The number of fused-ring (bicyclic) bond motifs is 1. The summed E-state index contributed by atoms with van der Waals surface area (Å²) < 4.78 is 0.875. The Balaban J connectivity index is 2.18. The van der Waals surface area contributed by atoms with E-state index < -0.39 is 0 Å². The van der Waals surface area contributed by atoms with Gasteiger partial charge >= 0.3 is 0 Å². The summed E-state index contributed by atoms with van der Waals surface area (Å²) >= 11 is 15.6. The van der Waals surface area contributed by atoms with Crippen LogP contribution in [0.2, 0.25) is 10.0 Å². The number of H-pyrrole nitrogens is 1. The number of carbonyl (C=O) groups is 1. The number of aryl methyl sites for hydroxylation is 1. The first-order valence-corrected chi connectivity index (χ1v) is 7.78. The second-order valence-corrected chi connectivity index (χ2v) is 6.62. The van der Waals surface area contributed by atoms with Crippen LogP contribution >= 0.6 is 39.1 Å². The van der Waals surface area contributed by atoms with Gasteiger partial charge in [-0.25, -0.2) is 0 Å². The topological polar surface area (TPSA) is 32.9 Å². The SMILES string of the molecule is Cc1cc(Br)cc(C(=O)c2c[nH]c3cc(Cl)cc(Cl)c23)c1. The normalized spacial score (nSPS) is 11.0. The van der Waals surface area contributed by atoms with Crippen LogP contribution in [0.1, 0.15) is 21.5 Å². The van der Waals surface area contributed by atoms with Crippen molar-refractivity contribution in [1.29, 1.82) is 0 Å². The summed E-state index contributed by atoms with van der Waals surface area (Å²) in [5, 5.41) is 1.70. The van der Waals surface area contributed by atoms with Crippen molar-refractivity contribution in [3.8, 4) is 0 Å². The summed E-state index contributed by atoms with van der Waals surface area (Å²) in [5.74, 6) is -0.0742. The van der Waals surface area contributed by atoms with Crippen LogP contribution in [0.3, 0.4) is 0 Å². The van der Waals surface area contributed by atoms with E-state index in [1.807, 2.05) is 19.1 Å². The summed E-state index contributed by atoms with van der Waals surface area (Å²) in [6.45, 7) is 1.95. The van der Waals surface area contributed by atoms with Gasteiger partial charge in [0.25, 0.3) is 0 Å². The molecule has 1 heterocycles. The molecule has 0 fully saturated rings. The molecule has 3 rings (SSSR count). The Hall–Kier alpha value is -1.29. The molecule has 0 saturated heterocycles. The van der Waals surface area contributed by atoms with Crippen molar-refractivity contribution < 1.29 is 4.79 Å². The minimum atomic E-state index is -0.0742. The molecule has 0 bridgehead atoms. The Kier molecular flexibility index (Phi) is 3.82. The predicted octanol–water partition coefficient (Wildman–Crippen LogP) is 5.78. The number of ketones is 1. The van der Waals surface area contributed by atoms with Crippen LogP contribution in [0.15, 0.2) is 41.0 Å². The lowest BCUT2D eigenvalue weighted by atomic mass is 10.0. The van der Waals surface area contributed by atoms with E-state index in [1.165, 1.54) is 0 Å². The van der Waals surface area contributed by atoms with Crippen LogP contribution in [0.25, 0.3) is 10.9 Å². The van der Waals surface area contributed by atoms with Gasteiger partial charge in [-0.1, -0.05) is 39.1 Å².